The number of rotatable bonds is 4. The molecule has 4 heteroatoms. The van der Waals surface area contributed by atoms with Crippen LogP contribution in [0.25, 0.3) is 0 Å². The van der Waals surface area contributed by atoms with Crippen LogP contribution < -0.4 is 5.73 Å². The molecule has 1 amide bonds. The van der Waals surface area contributed by atoms with Gasteiger partial charge in [0.15, 0.2) is 0 Å². The molecule has 0 bridgehead atoms. The van der Waals surface area contributed by atoms with Crippen LogP contribution in [-0.2, 0) is 0 Å². The molecule has 0 radical (unpaired) electrons. The Morgan fingerprint density at radius 3 is 2.33 bits per heavy atom. The van der Waals surface area contributed by atoms with Crippen LogP contribution in [0.5, 0.6) is 0 Å². The van der Waals surface area contributed by atoms with Crippen molar-refractivity contribution in [2.45, 2.75) is 32.7 Å². The molecule has 0 aliphatic heterocycles. The Labute approximate surface area is 79.7 Å². The zero-order valence-corrected chi connectivity index (χ0v) is 8.90. The van der Waals surface area contributed by atoms with Crippen LogP contribution in [0.15, 0.2) is 0 Å². The smallest absolute Gasteiger partial charge is 0.278 e. The fraction of sp³-hybridized carbons (Fsp3) is 0.875. The van der Waals surface area contributed by atoms with Crippen LogP contribution in [0.4, 0.5) is 4.79 Å². The van der Waals surface area contributed by atoms with E-state index in [9.17, 15) is 4.79 Å². The number of thiol groups is 1. The second-order valence-corrected chi connectivity index (χ2v) is 3.98. The molecule has 72 valence electrons. The quantitative estimate of drug-likeness (QED) is 0.660. The van der Waals surface area contributed by atoms with E-state index < -0.39 is 0 Å². The molecule has 0 spiro atoms. The maximum Gasteiger partial charge on any atom is 0.278 e. The van der Waals surface area contributed by atoms with Crippen molar-refractivity contribution < 1.29 is 4.79 Å². The van der Waals surface area contributed by atoms with Gasteiger partial charge in [-0.1, -0.05) is 12.6 Å². The zero-order chi connectivity index (χ0) is 9.78. The summed E-state index contributed by atoms with van der Waals surface area (Å²) in [6.07, 6.45) is 0.799. The topological polar surface area (TPSA) is 46.3 Å². The van der Waals surface area contributed by atoms with Crippen LogP contribution in [0.1, 0.15) is 27.2 Å². The van der Waals surface area contributed by atoms with E-state index >= 15 is 0 Å². The van der Waals surface area contributed by atoms with E-state index in [-0.39, 0.29) is 10.8 Å². The molecule has 0 unspecified atom stereocenters. The summed E-state index contributed by atoms with van der Waals surface area (Å²) in [5.74, 6) is 0. The first-order valence-electron chi connectivity index (χ1n) is 4.13. The van der Waals surface area contributed by atoms with Crippen molar-refractivity contribution >= 4 is 17.9 Å². The molecule has 3 nitrogen and oxygen atoms in total. The Hall–Kier alpha value is -0.220. The number of carbonyl (C=O) groups is 1. The Balaban J connectivity index is 3.81. The lowest BCUT2D eigenvalue weighted by molar-refractivity contribution is 0.221. The fourth-order valence-electron chi connectivity index (χ4n) is 0.812. The highest BCUT2D eigenvalue weighted by Crippen LogP contribution is 2.06. The van der Waals surface area contributed by atoms with Crippen molar-refractivity contribution in [1.82, 2.24) is 4.90 Å². The van der Waals surface area contributed by atoms with E-state index in [1.54, 1.807) is 4.90 Å². The van der Waals surface area contributed by atoms with Crippen molar-refractivity contribution in [3.63, 3.8) is 0 Å². The number of nitrogens with zero attached hydrogens (tertiary/aromatic N) is 1. The minimum Gasteiger partial charge on any atom is -0.334 e. The molecule has 0 aromatic carbocycles. The van der Waals surface area contributed by atoms with Crippen molar-refractivity contribution in [2.24, 2.45) is 5.73 Å². The predicted molar refractivity (Wildman–Crippen MR) is 54.5 cm³/mol. The monoisotopic (exact) mass is 190 g/mol. The number of nitrogens with two attached hydrogens (primary N) is 1. The first-order chi connectivity index (χ1) is 5.37. The highest BCUT2D eigenvalue weighted by molar-refractivity contribution is 7.96. The largest absolute Gasteiger partial charge is 0.334 e. The maximum absolute atomic E-state index is 10.8. The molecule has 0 saturated heterocycles. The molecule has 0 fully saturated rings. The van der Waals surface area contributed by atoms with E-state index in [0.717, 1.165) is 6.42 Å². The number of carbonyl (C=O) groups excluding carboxylic acids is 1. The predicted octanol–water partition coefficient (Wildman–Crippen LogP) is 1.49. The molecule has 0 rings (SSSR count). The SMILES string of the molecule is CCN(CCC(C)(C)N)C(=O)S. The Morgan fingerprint density at radius 1 is 1.58 bits per heavy atom. The molecule has 0 saturated carbocycles. The highest BCUT2D eigenvalue weighted by atomic mass is 32.1. The lowest BCUT2D eigenvalue weighted by atomic mass is 10.0. The van der Waals surface area contributed by atoms with Crippen LogP contribution >= 0.6 is 12.6 Å². The average molecular weight is 190 g/mol. The third-order valence-electron chi connectivity index (χ3n) is 1.68. The fourth-order valence-corrected chi connectivity index (χ4v) is 1.05. The summed E-state index contributed by atoms with van der Waals surface area (Å²) in [7, 11) is 0. The van der Waals surface area contributed by atoms with E-state index in [0.29, 0.717) is 13.1 Å². The van der Waals surface area contributed by atoms with Gasteiger partial charge in [0.05, 0.1) is 0 Å². The van der Waals surface area contributed by atoms with Crippen molar-refractivity contribution in [1.29, 1.82) is 0 Å². The number of hydrogen-bond acceptors (Lipinski definition) is 2. The summed E-state index contributed by atoms with van der Waals surface area (Å²) in [6, 6.07) is 0. The molecule has 0 aliphatic carbocycles. The minimum absolute atomic E-state index is 0.179. The zero-order valence-electron chi connectivity index (χ0n) is 8.00. The van der Waals surface area contributed by atoms with Gasteiger partial charge in [0, 0.05) is 18.6 Å². The first kappa shape index (κ1) is 11.8. The van der Waals surface area contributed by atoms with E-state index in [1.807, 2.05) is 20.8 Å². The van der Waals surface area contributed by atoms with Gasteiger partial charge in [-0.25, -0.2) is 0 Å². The van der Waals surface area contributed by atoms with Crippen LogP contribution in [0.2, 0.25) is 0 Å². The summed E-state index contributed by atoms with van der Waals surface area (Å²) in [6.45, 7) is 7.20. The second kappa shape index (κ2) is 4.72. The Kier molecular flexibility index (Phi) is 4.63. The lowest BCUT2D eigenvalue weighted by Crippen LogP contribution is -2.38. The summed E-state index contributed by atoms with van der Waals surface area (Å²) < 4.78 is 0. The van der Waals surface area contributed by atoms with Gasteiger partial charge in [-0.3, -0.25) is 4.79 Å². The second-order valence-electron chi connectivity index (χ2n) is 3.60. The van der Waals surface area contributed by atoms with E-state index in [2.05, 4.69) is 12.6 Å². The Morgan fingerprint density at radius 2 is 2.08 bits per heavy atom. The van der Waals surface area contributed by atoms with Gasteiger partial charge in [-0.05, 0) is 27.2 Å². The van der Waals surface area contributed by atoms with Gasteiger partial charge in [-0.15, -0.1) is 0 Å². The first-order valence-corrected chi connectivity index (χ1v) is 4.58. The van der Waals surface area contributed by atoms with Crippen LogP contribution in [0, 0.1) is 0 Å². The minimum atomic E-state index is -0.212. The van der Waals surface area contributed by atoms with Gasteiger partial charge in [0.25, 0.3) is 5.24 Å². The highest BCUT2D eigenvalue weighted by Gasteiger charge is 2.14. The molecule has 2 N–H and O–H groups in total. The maximum atomic E-state index is 10.8. The molecule has 0 heterocycles. The normalized spacial score (nSPS) is 11.4. The number of amides is 1. The molecular formula is C8H18N2OS. The summed E-state index contributed by atoms with van der Waals surface area (Å²) in [5, 5.41) is -0.179. The molecule has 0 aliphatic rings. The summed E-state index contributed by atoms with van der Waals surface area (Å²) in [4.78, 5) is 12.5. The van der Waals surface area contributed by atoms with Crippen LogP contribution in [0.3, 0.4) is 0 Å². The van der Waals surface area contributed by atoms with Gasteiger partial charge in [0.2, 0.25) is 0 Å². The molecule has 12 heavy (non-hydrogen) atoms. The van der Waals surface area contributed by atoms with Crippen molar-refractivity contribution in [3.05, 3.63) is 0 Å². The number of hydrogen-bond donors (Lipinski definition) is 2. The third kappa shape index (κ3) is 5.43. The molecule has 0 aromatic heterocycles. The molecule has 0 atom stereocenters. The van der Waals surface area contributed by atoms with Gasteiger partial charge in [0.1, 0.15) is 0 Å². The standard InChI is InChI=1S/C8H18N2OS/c1-4-10(7(11)12)6-5-8(2,3)9/h4-6,9H2,1-3H3,(H,11,12). The van der Waals surface area contributed by atoms with Crippen LogP contribution in [-0.4, -0.2) is 28.8 Å². The molecular weight excluding hydrogens is 172 g/mol. The average Bonchev–Trinajstić information content (AvgIpc) is 1.85. The van der Waals surface area contributed by atoms with Crippen molar-refractivity contribution in [3.8, 4) is 0 Å². The molecule has 0 aromatic rings. The van der Waals surface area contributed by atoms with E-state index in [4.69, 9.17) is 5.73 Å². The van der Waals surface area contributed by atoms with Gasteiger partial charge in [-0.2, -0.15) is 0 Å². The third-order valence-corrected chi connectivity index (χ3v) is 1.96. The van der Waals surface area contributed by atoms with Gasteiger partial charge >= 0.3 is 0 Å². The van der Waals surface area contributed by atoms with Gasteiger partial charge < -0.3 is 10.6 Å². The summed E-state index contributed by atoms with van der Waals surface area (Å²) in [5.41, 5.74) is 5.56. The van der Waals surface area contributed by atoms with E-state index in [1.165, 1.54) is 0 Å². The Bertz CT molecular complexity index is 154. The summed E-state index contributed by atoms with van der Waals surface area (Å²) >= 11 is 3.75. The lowest BCUT2D eigenvalue weighted by Gasteiger charge is -2.24. The van der Waals surface area contributed by atoms with Crippen molar-refractivity contribution in [2.75, 3.05) is 13.1 Å².